The van der Waals surface area contributed by atoms with E-state index < -0.39 is 5.97 Å². The lowest BCUT2D eigenvalue weighted by Crippen LogP contribution is -2.16. The summed E-state index contributed by atoms with van der Waals surface area (Å²) in [7, 11) is 0. The minimum atomic E-state index is -1.01. The van der Waals surface area contributed by atoms with E-state index in [0.717, 1.165) is 10.6 Å². The number of carbonyl (C=O) groups is 2. The molecule has 23 heavy (non-hydrogen) atoms. The summed E-state index contributed by atoms with van der Waals surface area (Å²) in [5.74, 6) is -1.35. The third kappa shape index (κ3) is 3.76. The number of amides is 1. The molecule has 0 unspecified atom stereocenters. The summed E-state index contributed by atoms with van der Waals surface area (Å²) in [4.78, 5) is 28.0. The Balaban J connectivity index is 2.28. The van der Waals surface area contributed by atoms with Crippen LogP contribution < -0.4 is 5.32 Å². The van der Waals surface area contributed by atoms with Crippen LogP contribution in [0.1, 0.15) is 57.8 Å². The summed E-state index contributed by atoms with van der Waals surface area (Å²) < 4.78 is 0. The second-order valence-corrected chi connectivity index (χ2v) is 7.39. The monoisotopic (exact) mass is 332 g/mol. The second kappa shape index (κ2) is 6.12. The van der Waals surface area contributed by atoms with Gasteiger partial charge in [0.2, 0.25) is 0 Å². The highest BCUT2D eigenvalue weighted by Gasteiger charge is 2.21. The number of aromatic carboxylic acids is 1. The maximum Gasteiger partial charge on any atom is 0.336 e. The van der Waals surface area contributed by atoms with Gasteiger partial charge in [-0.3, -0.25) is 4.79 Å². The molecule has 1 amide bonds. The molecule has 0 atom stereocenters. The molecule has 0 aliphatic rings. The van der Waals surface area contributed by atoms with Crippen LogP contribution in [0.3, 0.4) is 0 Å². The molecule has 0 radical (unpaired) electrons. The molecule has 2 aromatic rings. The van der Waals surface area contributed by atoms with Crippen molar-refractivity contribution in [3.8, 4) is 0 Å². The number of nitrogens with one attached hydrogen (secondary N) is 1. The third-order valence-corrected chi connectivity index (χ3v) is 4.70. The van der Waals surface area contributed by atoms with E-state index in [1.807, 2.05) is 27.7 Å². The predicted molar refractivity (Wildman–Crippen MR) is 91.6 cm³/mol. The summed E-state index contributed by atoms with van der Waals surface area (Å²) in [5, 5.41) is 14.6. The van der Waals surface area contributed by atoms with Gasteiger partial charge in [0, 0.05) is 16.5 Å². The molecule has 0 bridgehead atoms. The number of hydrogen-bond acceptors (Lipinski definition) is 4. The maximum absolute atomic E-state index is 12.4. The van der Waals surface area contributed by atoms with Gasteiger partial charge in [-0.05, 0) is 31.0 Å². The number of rotatable bonds is 3. The van der Waals surface area contributed by atoms with Crippen LogP contribution in [-0.2, 0) is 5.41 Å². The molecule has 122 valence electrons. The van der Waals surface area contributed by atoms with Gasteiger partial charge in [-0.25, -0.2) is 9.78 Å². The molecule has 2 N–H and O–H groups in total. The number of benzene rings is 1. The largest absolute Gasteiger partial charge is 0.478 e. The number of aromatic nitrogens is 1. The highest BCUT2D eigenvalue weighted by Crippen LogP contribution is 2.26. The van der Waals surface area contributed by atoms with E-state index in [2.05, 4.69) is 10.3 Å². The van der Waals surface area contributed by atoms with Crippen LogP contribution in [-0.4, -0.2) is 22.0 Å². The van der Waals surface area contributed by atoms with Gasteiger partial charge in [-0.2, -0.15) is 0 Å². The van der Waals surface area contributed by atoms with Gasteiger partial charge in [0.25, 0.3) is 5.91 Å². The van der Waals surface area contributed by atoms with Crippen molar-refractivity contribution in [3.63, 3.8) is 0 Å². The summed E-state index contributed by atoms with van der Waals surface area (Å²) in [6, 6.07) is 3.24. The normalized spacial score (nSPS) is 11.3. The zero-order valence-electron chi connectivity index (χ0n) is 13.9. The number of carboxylic acid groups (broad SMARTS) is 1. The summed E-state index contributed by atoms with van der Waals surface area (Å²) in [5.41, 5.74) is 2.38. The van der Waals surface area contributed by atoms with Crippen molar-refractivity contribution in [2.24, 2.45) is 0 Å². The summed E-state index contributed by atoms with van der Waals surface area (Å²) >= 11 is 1.44. The lowest BCUT2D eigenvalue weighted by Gasteiger charge is -2.13. The zero-order chi connectivity index (χ0) is 17.4. The highest BCUT2D eigenvalue weighted by molar-refractivity contribution is 7.10. The molecule has 0 aliphatic carbocycles. The van der Waals surface area contributed by atoms with E-state index in [-0.39, 0.29) is 16.9 Å². The molecule has 0 saturated carbocycles. The van der Waals surface area contributed by atoms with Crippen LogP contribution in [0.25, 0.3) is 0 Å². The molecule has 5 nitrogen and oxygen atoms in total. The number of carboxylic acids is 1. The molecule has 0 fully saturated rings. The minimum absolute atomic E-state index is 0.112. The Bertz CT molecular complexity index is 773. The summed E-state index contributed by atoms with van der Waals surface area (Å²) in [6.45, 7) is 9.68. The molecule has 1 heterocycles. The lowest BCUT2D eigenvalue weighted by molar-refractivity contribution is 0.0695. The van der Waals surface area contributed by atoms with Crippen LogP contribution >= 0.6 is 11.3 Å². The van der Waals surface area contributed by atoms with Crippen LogP contribution in [0, 0.1) is 13.8 Å². The average Bonchev–Trinajstić information content (AvgIpc) is 2.91. The van der Waals surface area contributed by atoms with E-state index in [1.54, 1.807) is 18.4 Å². The van der Waals surface area contributed by atoms with Gasteiger partial charge >= 0.3 is 5.97 Å². The van der Waals surface area contributed by atoms with E-state index in [4.69, 9.17) is 0 Å². The zero-order valence-corrected chi connectivity index (χ0v) is 14.7. The molecular weight excluding hydrogens is 312 g/mol. The first kappa shape index (κ1) is 17.1. The number of aryl methyl sites for hydroxylation is 2. The van der Waals surface area contributed by atoms with Crippen LogP contribution in [0.2, 0.25) is 0 Å². The van der Waals surface area contributed by atoms with E-state index in [9.17, 15) is 14.7 Å². The topological polar surface area (TPSA) is 79.3 Å². The fourth-order valence-corrected chi connectivity index (χ4v) is 3.01. The van der Waals surface area contributed by atoms with Crippen LogP contribution in [0.5, 0.6) is 0 Å². The fraction of sp³-hybridized carbons (Fsp3) is 0.353. The van der Waals surface area contributed by atoms with Gasteiger partial charge in [0.05, 0.1) is 10.6 Å². The number of nitrogens with zero attached hydrogens (tertiary/aromatic N) is 1. The Morgan fingerprint density at radius 3 is 2.35 bits per heavy atom. The number of hydrogen-bond donors (Lipinski definition) is 2. The molecule has 6 heteroatoms. The smallest absolute Gasteiger partial charge is 0.336 e. The first-order valence-corrected chi connectivity index (χ1v) is 8.09. The average molecular weight is 332 g/mol. The SMILES string of the molecule is Cc1cc(C)c(C(=O)O)cc1NC(=O)c1csc(C(C)(C)C)n1. The molecule has 0 saturated heterocycles. The standard InChI is InChI=1S/C17H20N2O3S/c1-9-6-10(2)12(7-11(9)15(21)22)18-14(20)13-8-23-16(19-13)17(3,4)5/h6-8H,1-5H3,(H,18,20)(H,21,22). The number of thiazole rings is 1. The maximum atomic E-state index is 12.4. The molecular formula is C17H20N2O3S. The molecule has 0 aliphatic heterocycles. The number of anilines is 1. The quantitative estimate of drug-likeness (QED) is 0.890. The van der Waals surface area contributed by atoms with Crippen molar-refractivity contribution in [3.05, 3.63) is 44.9 Å². The minimum Gasteiger partial charge on any atom is -0.478 e. The van der Waals surface area contributed by atoms with Gasteiger partial charge < -0.3 is 10.4 Å². The Hall–Kier alpha value is -2.21. The Kier molecular flexibility index (Phi) is 4.56. The van der Waals surface area contributed by atoms with E-state index in [1.165, 1.54) is 17.4 Å². The Morgan fingerprint density at radius 2 is 1.83 bits per heavy atom. The summed E-state index contributed by atoms with van der Waals surface area (Å²) in [6.07, 6.45) is 0. The molecule has 2 rings (SSSR count). The van der Waals surface area contributed by atoms with Crippen molar-refractivity contribution in [2.75, 3.05) is 5.32 Å². The van der Waals surface area contributed by atoms with Gasteiger partial charge in [-0.15, -0.1) is 11.3 Å². The lowest BCUT2D eigenvalue weighted by atomic mass is 9.98. The van der Waals surface area contributed by atoms with Crippen molar-refractivity contribution >= 4 is 28.9 Å². The van der Waals surface area contributed by atoms with E-state index in [0.29, 0.717) is 16.9 Å². The first-order valence-electron chi connectivity index (χ1n) is 7.21. The van der Waals surface area contributed by atoms with Gasteiger partial charge in [0.15, 0.2) is 0 Å². The Morgan fingerprint density at radius 1 is 1.17 bits per heavy atom. The molecule has 1 aromatic heterocycles. The third-order valence-electron chi connectivity index (χ3n) is 3.43. The highest BCUT2D eigenvalue weighted by atomic mass is 32.1. The van der Waals surface area contributed by atoms with Crippen molar-refractivity contribution in [1.29, 1.82) is 0 Å². The second-order valence-electron chi connectivity index (χ2n) is 6.53. The Labute approximate surface area is 139 Å². The molecule has 0 spiro atoms. The fourth-order valence-electron chi connectivity index (χ4n) is 2.13. The predicted octanol–water partition coefficient (Wildman–Crippen LogP) is 4.01. The van der Waals surface area contributed by atoms with Gasteiger partial charge in [0.1, 0.15) is 5.69 Å². The number of carbonyl (C=O) groups excluding carboxylic acids is 1. The molecule has 1 aromatic carbocycles. The van der Waals surface area contributed by atoms with Crippen LogP contribution in [0.15, 0.2) is 17.5 Å². The van der Waals surface area contributed by atoms with Crippen molar-refractivity contribution < 1.29 is 14.7 Å². The van der Waals surface area contributed by atoms with Crippen LogP contribution in [0.4, 0.5) is 5.69 Å². The van der Waals surface area contributed by atoms with Crippen molar-refractivity contribution in [1.82, 2.24) is 4.98 Å². The van der Waals surface area contributed by atoms with E-state index >= 15 is 0 Å². The van der Waals surface area contributed by atoms with Crippen molar-refractivity contribution in [2.45, 2.75) is 40.0 Å². The first-order chi connectivity index (χ1) is 10.6. The van der Waals surface area contributed by atoms with Gasteiger partial charge in [-0.1, -0.05) is 26.8 Å².